The summed E-state index contributed by atoms with van der Waals surface area (Å²) in [7, 11) is 0. The Bertz CT molecular complexity index is 176. The van der Waals surface area contributed by atoms with Gasteiger partial charge in [-0.2, -0.15) is 0 Å². The molecule has 0 aromatic rings. The summed E-state index contributed by atoms with van der Waals surface area (Å²) in [6.07, 6.45) is 2.72. The molecule has 0 saturated carbocycles. The largest absolute Gasteiger partial charge is 0.129 e. The first kappa shape index (κ1) is 10.8. The smallest absolute Gasteiger partial charge is 0.0267 e. The molecule has 0 saturated heterocycles. The van der Waals surface area contributed by atoms with E-state index in [2.05, 4.69) is 12.3 Å². The Hall–Kier alpha value is -0.160. The number of halogens is 2. The van der Waals surface area contributed by atoms with Gasteiger partial charge in [-0.25, -0.2) is 0 Å². The van der Waals surface area contributed by atoms with Crippen molar-refractivity contribution in [1.82, 2.24) is 0 Å². The monoisotopic (exact) mass is 190 g/mol. The van der Waals surface area contributed by atoms with Crippen molar-refractivity contribution in [2.75, 3.05) is 5.88 Å². The number of hydrogen-bond donors (Lipinski definition) is 0. The van der Waals surface area contributed by atoms with E-state index >= 15 is 0 Å². The Balaban J connectivity index is 4.15. The van der Waals surface area contributed by atoms with Gasteiger partial charge in [0.2, 0.25) is 0 Å². The maximum atomic E-state index is 5.57. The number of allylic oxidation sites excluding steroid dienone is 2. The molecule has 1 unspecified atom stereocenters. The lowest BCUT2D eigenvalue weighted by Crippen LogP contribution is -1.94. The van der Waals surface area contributed by atoms with Crippen molar-refractivity contribution in [2.45, 2.75) is 13.3 Å². The van der Waals surface area contributed by atoms with Crippen molar-refractivity contribution in [3.8, 4) is 0 Å². The van der Waals surface area contributed by atoms with E-state index in [1.165, 1.54) is 5.54 Å². The van der Waals surface area contributed by atoms with Gasteiger partial charge < -0.3 is 0 Å². The fourth-order valence-electron chi connectivity index (χ4n) is 0.804. The van der Waals surface area contributed by atoms with Gasteiger partial charge in [0, 0.05) is 17.3 Å². The zero-order valence-electron chi connectivity index (χ0n) is 6.61. The van der Waals surface area contributed by atoms with Crippen LogP contribution in [0.15, 0.2) is 29.5 Å². The Labute approximate surface area is 78.2 Å². The standard InChI is InChI=1S/C9H12Cl2/c1-3-9(5-7-11)8(2)4-6-10/h4,6,8H,1,5,7H2,2H3. The predicted molar refractivity (Wildman–Crippen MR) is 52.1 cm³/mol. The molecule has 0 fully saturated rings. The molecule has 0 radical (unpaired) electrons. The van der Waals surface area contributed by atoms with E-state index in [1.54, 1.807) is 0 Å². The van der Waals surface area contributed by atoms with E-state index in [1.807, 2.05) is 13.0 Å². The molecule has 0 spiro atoms. The minimum Gasteiger partial charge on any atom is -0.129 e. The molecular formula is C9H12Cl2. The van der Waals surface area contributed by atoms with E-state index in [9.17, 15) is 0 Å². The lowest BCUT2D eigenvalue weighted by molar-refractivity contribution is 0.816. The van der Waals surface area contributed by atoms with Crippen LogP contribution in [0.1, 0.15) is 13.3 Å². The van der Waals surface area contributed by atoms with Crippen molar-refractivity contribution in [3.05, 3.63) is 29.5 Å². The third kappa shape index (κ3) is 4.31. The summed E-state index contributed by atoms with van der Waals surface area (Å²) in [6, 6.07) is 0. The van der Waals surface area contributed by atoms with Gasteiger partial charge in [-0.05, 0) is 12.0 Å². The van der Waals surface area contributed by atoms with E-state index < -0.39 is 0 Å². The van der Waals surface area contributed by atoms with Gasteiger partial charge in [0.05, 0.1) is 0 Å². The molecule has 0 N–H and O–H groups in total. The minimum atomic E-state index is 0.295. The fourth-order valence-corrected chi connectivity index (χ4v) is 1.23. The predicted octanol–water partition coefficient (Wildman–Crippen LogP) is 3.72. The van der Waals surface area contributed by atoms with E-state index in [0.29, 0.717) is 11.8 Å². The Morgan fingerprint density at radius 3 is 2.73 bits per heavy atom. The molecule has 0 amide bonds. The highest BCUT2D eigenvalue weighted by Crippen LogP contribution is 2.15. The van der Waals surface area contributed by atoms with Crippen LogP contribution >= 0.6 is 23.2 Å². The van der Waals surface area contributed by atoms with E-state index in [0.717, 1.165) is 12.0 Å². The maximum Gasteiger partial charge on any atom is 0.0267 e. The van der Waals surface area contributed by atoms with Gasteiger partial charge in [0.1, 0.15) is 0 Å². The topological polar surface area (TPSA) is 0 Å². The lowest BCUT2D eigenvalue weighted by atomic mass is 10.0. The second-order valence-corrected chi connectivity index (χ2v) is 2.88. The highest BCUT2D eigenvalue weighted by Gasteiger charge is 2.02. The van der Waals surface area contributed by atoms with Crippen LogP contribution in [0.25, 0.3) is 0 Å². The second kappa shape index (κ2) is 6.54. The van der Waals surface area contributed by atoms with Crippen molar-refractivity contribution < 1.29 is 0 Å². The van der Waals surface area contributed by atoms with Crippen LogP contribution in [-0.2, 0) is 0 Å². The summed E-state index contributed by atoms with van der Waals surface area (Å²) in [4.78, 5) is 0. The normalized spacial score (nSPS) is 13.0. The maximum absolute atomic E-state index is 5.57. The summed E-state index contributed by atoms with van der Waals surface area (Å²) in [5.74, 6) is 0.905. The molecule has 0 aliphatic carbocycles. The molecule has 0 aliphatic heterocycles. The number of rotatable bonds is 4. The molecule has 1 atom stereocenters. The van der Waals surface area contributed by atoms with Crippen molar-refractivity contribution in [3.63, 3.8) is 0 Å². The number of hydrogen-bond acceptors (Lipinski definition) is 0. The summed E-state index contributed by atoms with van der Waals surface area (Å²) in [5.41, 5.74) is 5.48. The summed E-state index contributed by atoms with van der Waals surface area (Å²) in [5, 5.41) is 0. The lowest BCUT2D eigenvalue weighted by Gasteiger charge is -2.06. The van der Waals surface area contributed by atoms with Crippen LogP contribution in [0.3, 0.4) is 0 Å². The summed E-state index contributed by atoms with van der Waals surface area (Å²) in [6.45, 7) is 5.63. The van der Waals surface area contributed by atoms with E-state index in [4.69, 9.17) is 23.2 Å². The zero-order valence-corrected chi connectivity index (χ0v) is 8.12. The Morgan fingerprint density at radius 2 is 2.36 bits per heavy atom. The Morgan fingerprint density at radius 1 is 1.73 bits per heavy atom. The highest BCUT2D eigenvalue weighted by molar-refractivity contribution is 6.25. The summed E-state index contributed by atoms with van der Waals surface area (Å²) < 4.78 is 0. The van der Waals surface area contributed by atoms with Gasteiger partial charge in [0.25, 0.3) is 0 Å². The van der Waals surface area contributed by atoms with Gasteiger partial charge in [-0.1, -0.05) is 31.2 Å². The zero-order chi connectivity index (χ0) is 8.69. The molecule has 2 heteroatoms. The molecule has 0 nitrogen and oxygen atoms in total. The first-order chi connectivity index (χ1) is 5.26. The molecular weight excluding hydrogens is 179 g/mol. The molecule has 0 aromatic heterocycles. The summed E-state index contributed by atoms with van der Waals surface area (Å²) >= 11 is 11.0. The minimum absolute atomic E-state index is 0.295. The molecule has 0 aromatic carbocycles. The molecule has 0 bridgehead atoms. The van der Waals surface area contributed by atoms with Crippen molar-refractivity contribution in [1.29, 1.82) is 0 Å². The number of alkyl halides is 1. The van der Waals surface area contributed by atoms with Gasteiger partial charge in [0.15, 0.2) is 0 Å². The van der Waals surface area contributed by atoms with Crippen molar-refractivity contribution in [2.24, 2.45) is 5.92 Å². The molecule has 0 heterocycles. The quantitative estimate of drug-likeness (QED) is 0.469. The molecule has 0 rings (SSSR count). The highest BCUT2D eigenvalue weighted by atomic mass is 35.5. The Kier molecular flexibility index (Phi) is 6.45. The second-order valence-electron chi connectivity index (χ2n) is 2.25. The molecule has 11 heavy (non-hydrogen) atoms. The van der Waals surface area contributed by atoms with Gasteiger partial charge >= 0.3 is 0 Å². The fraction of sp³-hybridized carbons (Fsp3) is 0.444. The average molecular weight is 191 g/mol. The first-order valence-corrected chi connectivity index (χ1v) is 4.45. The molecule has 62 valence electrons. The van der Waals surface area contributed by atoms with Crippen LogP contribution in [0.4, 0.5) is 0 Å². The van der Waals surface area contributed by atoms with Crippen LogP contribution in [0, 0.1) is 5.92 Å². The van der Waals surface area contributed by atoms with Crippen LogP contribution in [-0.4, -0.2) is 5.88 Å². The van der Waals surface area contributed by atoms with Crippen LogP contribution < -0.4 is 0 Å². The third-order valence-electron chi connectivity index (χ3n) is 1.50. The average Bonchev–Trinajstić information content (AvgIpc) is 2.00. The van der Waals surface area contributed by atoms with Crippen LogP contribution in [0.2, 0.25) is 0 Å². The third-order valence-corrected chi connectivity index (χ3v) is 1.84. The SMILES string of the molecule is C=C=C(CCCl)C(C)C=CCl. The molecule has 0 aliphatic rings. The van der Waals surface area contributed by atoms with Gasteiger partial charge in [-0.15, -0.1) is 17.3 Å². The van der Waals surface area contributed by atoms with Gasteiger partial charge in [-0.3, -0.25) is 0 Å². The van der Waals surface area contributed by atoms with Crippen LogP contribution in [0.5, 0.6) is 0 Å². The first-order valence-electron chi connectivity index (χ1n) is 3.48. The van der Waals surface area contributed by atoms with Crippen molar-refractivity contribution >= 4 is 23.2 Å². The van der Waals surface area contributed by atoms with E-state index in [-0.39, 0.29) is 0 Å².